The summed E-state index contributed by atoms with van der Waals surface area (Å²) in [6.45, 7) is 6.20. The number of nitrogens with zero attached hydrogens (tertiary/aromatic N) is 2. The number of nitrogens with one attached hydrogen (secondary N) is 1. The number of pyridine rings is 1. The maximum atomic E-state index is 12.8. The zero-order valence-corrected chi connectivity index (χ0v) is 14.4. The molecule has 1 fully saturated rings. The maximum Gasteiger partial charge on any atom is 0.242 e. The van der Waals surface area contributed by atoms with E-state index in [-0.39, 0.29) is 10.9 Å². The first kappa shape index (κ1) is 16.4. The molecule has 0 bridgehead atoms. The van der Waals surface area contributed by atoms with Crippen LogP contribution in [0, 0.1) is 0 Å². The van der Waals surface area contributed by atoms with Crippen LogP contribution >= 0.6 is 0 Å². The van der Waals surface area contributed by atoms with Crippen molar-refractivity contribution in [2.24, 2.45) is 0 Å². The highest BCUT2D eigenvalue weighted by Crippen LogP contribution is 2.22. The smallest absolute Gasteiger partial charge is 0.242 e. The Balaban J connectivity index is 1.79. The molecule has 1 saturated heterocycles. The van der Waals surface area contributed by atoms with Crippen LogP contribution in [0.2, 0.25) is 0 Å². The summed E-state index contributed by atoms with van der Waals surface area (Å²) in [6, 6.07) is 9.46. The summed E-state index contributed by atoms with van der Waals surface area (Å²) in [5.41, 5.74) is 0.530. The van der Waals surface area contributed by atoms with Gasteiger partial charge in [-0.05, 0) is 51.9 Å². The van der Waals surface area contributed by atoms with Gasteiger partial charge < -0.3 is 4.90 Å². The molecule has 0 atom stereocenters. The molecule has 6 heteroatoms. The average Bonchev–Trinajstić information content (AvgIpc) is 2.54. The summed E-state index contributed by atoms with van der Waals surface area (Å²) in [6.07, 6.45) is 3.31. The maximum absolute atomic E-state index is 12.8. The number of para-hydroxylation sites is 1. The highest BCUT2D eigenvalue weighted by atomic mass is 32.2. The minimum Gasteiger partial charge on any atom is -0.301 e. The van der Waals surface area contributed by atoms with E-state index in [1.54, 1.807) is 18.3 Å². The second-order valence-corrected chi connectivity index (χ2v) is 8.04. The monoisotopic (exact) mass is 333 g/mol. The van der Waals surface area contributed by atoms with Crippen LogP contribution in [0.1, 0.15) is 26.7 Å². The molecular formula is C17H23N3O2S. The van der Waals surface area contributed by atoms with Gasteiger partial charge in [0.2, 0.25) is 10.0 Å². The van der Waals surface area contributed by atoms with E-state index in [9.17, 15) is 8.42 Å². The number of hydrogen-bond acceptors (Lipinski definition) is 4. The van der Waals surface area contributed by atoms with E-state index in [1.165, 1.54) is 0 Å². The lowest BCUT2D eigenvalue weighted by atomic mass is 10.1. The van der Waals surface area contributed by atoms with Crippen LogP contribution in [0.3, 0.4) is 0 Å². The van der Waals surface area contributed by atoms with Crippen molar-refractivity contribution in [1.82, 2.24) is 14.6 Å². The molecular weight excluding hydrogens is 310 g/mol. The summed E-state index contributed by atoms with van der Waals surface area (Å²) in [5.74, 6) is 0. The molecule has 5 nitrogen and oxygen atoms in total. The van der Waals surface area contributed by atoms with Crippen LogP contribution in [0.25, 0.3) is 10.9 Å². The van der Waals surface area contributed by atoms with E-state index in [0.717, 1.165) is 31.3 Å². The number of piperidine rings is 1. The minimum atomic E-state index is -3.56. The van der Waals surface area contributed by atoms with Crippen LogP contribution < -0.4 is 4.72 Å². The molecule has 23 heavy (non-hydrogen) atoms. The lowest BCUT2D eigenvalue weighted by molar-refractivity contribution is 0.168. The van der Waals surface area contributed by atoms with Crippen LogP contribution in [0.5, 0.6) is 0 Å². The number of fused-ring (bicyclic) bond motifs is 1. The third kappa shape index (κ3) is 3.54. The fourth-order valence-electron chi connectivity index (χ4n) is 3.11. The van der Waals surface area contributed by atoms with Crippen LogP contribution in [-0.4, -0.2) is 43.5 Å². The summed E-state index contributed by atoms with van der Waals surface area (Å²) in [7, 11) is -3.56. The fraction of sp³-hybridized carbons (Fsp3) is 0.471. The first-order valence-electron chi connectivity index (χ1n) is 8.07. The summed E-state index contributed by atoms with van der Waals surface area (Å²) in [5, 5.41) is 0.838. The van der Waals surface area contributed by atoms with Gasteiger partial charge in [0.15, 0.2) is 0 Å². The molecule has 1 N–H and O–H groups in total. The summed E-state index contributed by atoms with van der Waals surface area (Å²) in [4.78, 5) is 6.89. The SMILES string of the molecule is CC(C)N1CCC(NS(=O)(=O)c2cccc3cccnc23)CC1. The largest absolute Gasteiger partial charge is 0.301 e. The molecule has 0 unspecified atom stereocenters. The van der Waals surface area contributed by atoms with Crippen molar-refractivity contribution in [3.05, 3.63) is 36.5 Å². The van der Waals surface area contributed by atoms with Gasteiger partial charge in [-0.2, -0.15) is 0 Å². The number of sulfonamides is 1. The van der Waals surface area contributed by atoms with E-state index in [0.29, 0.717) is 11.6 Å². The van der Waals surface area contributed by atoms with Gasteiger partial charge >= 0.3 is 0 Å². The molecule has 0 aliphatic carbocycles. The molecule has 2 heterocycles. The van der Waals surface area contributed by atoms with Gasteiger partial charge in [0.25, 0.3) is 0 Å². The van der Waals surface area contributed by atoms with Crippen molar-refractivity contribution < 1.29 is 8.42 Å². The van der Waals surface area contributed by atoms with Gasteiger partial charge in [-0.3, -0.25) is 4.98 Å². The molecule has 1 aromatic carbocycles. The highest BCUT2D eigenvalue weighted by Gasteiger charge is 2.26. The molecule has 0 amide bonds. The van der Waals surface area contributed by atoms with Gasteiger partial charge in [0.1, 0.15) is 4.90 Å². The van der Waals surface area contributed by atoms with Crippen LogP contribution in [0.15, 0.2) is 41.4 Å². The van der Waals surface area contributed by atoms with E-state index >= 15 is 0 Å². The normalized spacial score (nSPS) is 17.9. The fourth-order valence-corrected chi connectivity index (χ4v) is 4.59. The second kappa shape index (κ2) is 6.55. The van der Waals surface area contributed by atoms with Crippen LogP contribution in [-0.2, 0) is 10.0 Å². The van der Waals surface area contributed by atoms with E-state index in [2.05, 4.69) is 28.5 Å². The average molecular weight is 333 g/mol. The standard InChI is InChI=1S/C17H23N3O2S/c1-13(2)20-11-8-15(9-12-20)19-23(21,22)16-7-3-5-14-6-4-10-18-17(14)16/h3-7,10,13,15,19H,8-9,11-12H2,1-2H3. The van der Waals surface area contributed by atoms with Gasteiger partial charge in [-0.25, -0.2) is 13.1 Å². The van der Waals surface area contributed by atoms with Crippen molar-refractivity contribution in [3.8, 4) is 0 Å². The second-order valence-electron chi connectivity index (χ2n) is 6.36. The lowest BCUT2D eigenvalue weighted by Gasteiger charge is -2.34. The first-order chi connectivity index (χ1) is 11.0. The van der Waals surface area contributed by atoms with E-state index in [1.807, 2.05) is 18.2 Å². The lowest BCUT2D eigenvalue weighted by Crippen LogP contribution is -2.46. The zero-order valence-electron chi connectivity index (χ0n) is 13.6. The minimum absolute atomic E-state index is 0.00558. The molecule has 0 spiro atoms. The Morgan fingerprint density at radius 1 is 1.17 bits per heavy atom. The number of benzene rings is 1. The summed E-state index contributed by atoms with van der Waals surface area (Å²) >= 11 is 0. The predicted molar refractivity (Wildman–Crippen MR) is 91.8 cm³/mol. The van der Waals surface area contributed by atoms with Gasteiger partial charge in [-0.1, -0.05) is 18.2 Å². The first-order valence-corrected chi connectivity index (χ1v) is 9.56. The highest BCUT2D eigenvalue weighted by molar-refractivity contribution is 7.89. The molecule has 1 aliphatic heterocycles. The van der Waals surface area contributed by atoms with Crippen molar-refractivity contribution >= 4 is 20.9 Å². The Labute approximate surface area is 137 Å². The Hall–Kier alpha value is -1.50. The van der Waals surface area contributed by atoms with Crippen molar-refractivity contribution in [2.75, 3.05) is 13.1 Å². The molecule has 1 aliphatic rings. The predicted octanol–water partition coefficient (Wildman–Crippen LogP) is 2.39. The van der Waals surface area contributed by atoms with Gasteiger partial charge in [-0.15, -0.1) is 0 Å². The third-order valence-electron chi connectivity index (χ3n) is 4.47. The van der Waals surface area contributed by atoms with Gasteiger partial charge in [0.05, 0.1) is 5.52 Å². The van der Waals surface area contributed by atoms with Crippen molar-refractivity contribution in [1.29, 1.82) is 0 Å². The molecule has 2 aromatic rings. The Bertz CT molecular complexity index is 776. The number of aromatic nitrogens is 1. The van der Waals surface area contributed by atoms with Crippen LogP contribution in [0.4, 0.5) is 0 Å². The van der Waals surface area contributed by atoms with Crippen molar-refractivity contribution in [3.63, 3.8) is 0 Å². The Kier molecular flexibility index (Phi) is 4.66. The topological polar surface area (TPSA) is 62.3 Å². The van der Waals surface area contributed by atoms with E-state index in [4.69, 9.17) is 0 Å². The van der Waals surface area contributed by atoms with Crippen molar-refractivity contribution in [2.45, 2.75) is 43.7 Å². The number of hydrogen-bond donors (Lipinski definition) is 1. The number of rotatable bonds is 4. The molecule has 124 valence electrons. The Morgan fingerprint density at radius 3 is 2.57 bits per heavy atom. The quantitative estimate of drug-likeness (QED) is 0.933. The zero-order chi connectivity index (χ0) is 16.4. The Morgan fingerprint density at radius 2 is 1.87 bits per heavy atom. The number of likely N-dealkylation sites (tertiary alicyclic amines) is 1. The summed E-state index contributed by atoms with van der Waals surface area (Å²) < 4.78 is 28.4. The molecule has 3 rings (SSSR count). The molecule has 0 radical (unpaired) electrons. The van der Waals surface area contributed by atoms with E-state index < -0.39 is 10.0 Å². The molecule has 0 saturated carbocycles. The molecule has 1 aromatic heterocycles. The van der Waals surface area contributed by atoms with Gasteiger partial charge in [0, 0.05) is 23.7 Å². The third-order valence-corrected chi connectivity index (χ3v) is 6.02.